The molecule has 0 bridgehead atoms. The molecular weight excluding hydrogens is 291 g/mol. The predicted octanol–water partition coefficient (Wildman–Crippen LogP) is 4.85. The molecule has 0 spiro atoms. The van der Waals surface area contributed by atoms with Gasteiger partial charge in [-0.2, -0.15) is 8.78 Å². The Labute approximate surface area is 118 Å². The molecule has 2 aromatic carbocycles. The summed E-state index contributed by atoms with van der Waals surface area (Å²) in [6, 6.07) is 4.64. The highest BCUT2D eigenvalue weighted by Gasteiger charge is 2.39. The molecule has 0 aliphatic carbocycles. The Balaban J connectivity index is 2.42. The SMILES string of the molecule is Cc1ccc(C(F)(F)Oc2c(F)cc(C)cc2F)c(F)c1. The third-order valence-electron chi connectivity index (χ3n) is 2.81. The van der Waals surface area contributed by atoms with Crippen LogP contribution in [0.15, 0.2) is 30.3 Å². The monoisotopic (exact) mass is 302 g/mol. The van der Waals surface area contributed by atoms with Gasteiger partial charge in [-0.1, -0.05) is 6.07 Å². The lowest BCUT2D eigenvalue weighted by Gasteiger charge is -2.20. The van der Waals surface area contributed by atoms with Crippen molar-refractivity contribution in [1.29, 1.82) is 0 Å². The lowest BCUT2D eigenvalue weighted by atomic mass is 10.1. The molecule has 112 valence electrons. The minimum atomic E-state index is -4.20. The maximum atomic E-state index is 13.9. The van der Waals surface area contributed by atoms with E-state index in [2.05, 4.69) is 4.74 Å². The van der Waals surface area contributed by atoms with Gasteiger partial charge in [0.25, 0.3) is 0 Å². The first-order valence-electron chi connectivity index (χ1n) is 6.00. The van der Waals surface area contributed by atoms with Gasteiger partial charge in [-0.25, -0.2) is 13.2 Å². The third kappa shape index (κ3) is 3.15. The zero-order chi connectivity index (χ0) is 15.8. The first kappa shape index (κ1) is 15.3. The highest BCUT2D eigenvalue weighted by atomic mass is 19.3. The van der Waals surface area contributed by atoms with Gasteiger partial charge in [0.15, 0.2) is 17.4 Å². The minimum Gasteiger partial charge on any atom is -0.423 e. The number of benzene rings is 2. The van der Waals surface area contributed by atoms with Crippen LogP contribution in [0, 0.1) is 31.3 Å². The Morgan fingerprint density at radius 1 is 0.810 bits per heavy atom. The first-order valence-corrected chi connectivity index (χ1v) is 6.00. The van der Waals surface area contributed by atoms with Gasteiger partial charge < -0.3 is 4.74 Å². The Morgan fingerprint density at radius 2 is 1.33 bits per heavy atom. The van der Waals surface area contributed by atoms with Crippen LogP contribution in [0.1, 0.15) is 16.7 Å². The number of hydrogen-bond donors (Lipinski definition) is 0. The number of aryl methyl sites for hydroxylation is 2. The Bertz CT molecular complexity index is 659. The van der Waals surface area contributed by atoms with Crippen molar-refractivity contribution in [2.24, 2.45) is 0 Å². The molecule has 2 aromatic rings. The van der Waals surface area contributed by atoms with Crippen molar-refractivity contribution in [1.82, 2.24) is 0 Å². The number of ether oxygens (including phenoxy) is 1. The summed E-state index contributed by atoms with van der Waals surface area (Å²) in [4.78, 5) is 0. The lowest BCUT2D eigenvalue weighted by molar-refractivity contribution is -0.190. The standard InChI is InChI=1S/C15H11F5O/c1-8-3-4-10(11(16)5-8)15(19,20)21-14-12(17)6-9(2)7-13(14)18/h3-7H,1-2H3. The maximum absolute atomic E-state index is 13.9. The minimum absolute atomic E-state index is 0.210. The van der Waals surface area contributed by atoms with E-state index in [1.807, 2.05) is 0 Å². The molecule has 0 fully saturated rings. The summed E-state index contributed by atoms with van der Waals surface area (Å²) in [6.45, 7) is 2.92. The van der Waals surface area contributed by atoms with Crippen LogP contribution in [0.2, 0.25) is 0 Å². The van der Waals surface area contributed by atoms with Crippen molar-refractivity contribution in [2.45, 2.75) is 20.0 Å². The Hall–Kier alpha value is -2.11. The number of alkyl halides is 2. The fourth-order valence-corrected chi connectivity index (χ4v) is 1.82. The molecule has 0 saturated heterocycles. The number of hydrogen-bond acceptors (Lipinski definition) is 1. The molecule has 0 atom stereocenters. The molecule has 0 aromatic heterocycles. The van der Waals surface area contributed by atoms with Crippen LogP contribution in [0.25, 0.3) is 0 Å². The van der Waals surface area contributed by atoms with Crippen LogP contribution in [-0.2, 0) is 6.11 Å². The van der Waals surface area contributed by atoms with E-state index in [1.54, 1.807) is 0 Å². The molecule has 0 unspecified atom stereocenters. The molecule has 21 heavy (non-hydrogen) atoms. The van der Waals surface area contributed by atoms with Crippen molar-refractivity contribution in [2.75, 3.05) is 0 Å². The normalized spacial score (nSPS) is 11.6. The van der Waals surface area contributed by atoms with Crippen molar-refractivity contribution >= 4 is 0 Å². The van der Waals surface area contributed by atoms with E-state index in [-0.39, 0.29) is 5.56 Å². The fourth-order valence-electron chi connectivity index (χ4n) is 1.82. The van der Waals surface area contributed by atoms with Gasteiger partial charge in [-0.15, -0.1) is 0 Å². The van der Waals surface area contributed by atoms with E-state index in [0.717, 1.165) is 24.3 Å². The van der Waals surface area contributed by atoms with E-state index in [4.69, 9.17) is 0 Å². The van der Waals surface area contributed by atoms with E-state index >= 15 is 0 Å². The molecule has 6 heteroatoms. The summed E-state index contributed by atoms with van der Waals surface area (Å²) in [5.41, 5.74) is -0.450. The van der Waals surface area contributed by atoms with Crippen molar-refractivity contribution in [3.05, 3.63) is 64.5 Å². The van der Waals surface area contributed by atoms with Gasteiger partial charge in [0, 0.05) is 0 Å². The molecule has 0 heterocycles. The van der Waals surface area contributed by atoms with Crippen molar-refractivity contribution < 1.29 is 26.7 Å². The second-order valence-electron chi connectivity index (χ2n) is 4.66. The molecule has 0 radical (unpaired) electrons. The zero-order valence-electron chi connectivity index (χ0n) is 11.2. The van der Waals surface area contributed by atoms with Crippen LogP contribution >= 0.6 is 0 Å². The molecular formula is C15H11F5O. The summed E-state index contributed by atoms with van der Waals surface area (Å²) in [5, 5.41) is 0. The quantitative estimate of drug-likeness (QED) is 0.737. The second kappa shape index (κ2) is 5.35. The predicted molar refractivity (Wildman–Crippen MR) is 66.8 cm³/mol. The zero-order valence-corrected chi connectivity index (χ0v) is 11.2. The largest absolute Gasteiger partial charge is 0.429 e. The fraction of sp³-hybridized carbons (Fsp3) is 0.200. The molecule has 0 saturated carbocycles. The van der Waals surface area contributed by atoms with E-state index in [9.17, 15) is 22.0 Å². The van der Waals surface area contributed by atoms with Gasteiger partial charge in [-0.3, -0.25) is 0 Å². The lowest BCUT2D eigenvalue weighted by Crippen LogP contribution is -2.24. The van der Waals surface area contributed by atoms with Crippen LogP contribution < -0.4 is 4.74 Å². The van der Waals surface area contributed by atoms with Crippen LogP contribution in [0.4, 0.5) is 22.0 Å². The van der Waals surface area contributed by atoms with Gasteiger partial charge in [-0.05, 0) is 49.2 Å². The molecule has 0 N–H and O–H groups in total. The van der Waals surface area contributed by atoms with Gasteiger partial charge in [0.1, 0.15) is 5.82 Å². The Kier molecular flexibility index (Phi) is 3.89. The van der Waals surface area contributed by atoms with Crippen LogP contribution in [-0.4, -0.2) is 0 Å². The third-order valence-corrected chi connectivity index (χ3v) is 2.81. The van der Waals surface area contributed by atoms with E-state index in [0.29, 0.717) is 5.56 Å². The summed E-state index contributed by atoms with van der Waals surface area (Å²) in [7, 11) is 0. The second-order valence-corrected chi connectivity index (χ2v) is 4.66. The average molecular weight is 302 g/mol. The van der Waals surface area contributed by atoms with Crippen molar-refractivity contribution in [3.63, 3.8) is 0 Å². The van der Waals surface area contributed by atoms with Gasteiger partial charge in [0.2, 0.25) is 0 Å². The summed E-state index contributed by atoms with van der Waals surface area (Å²) < 4.78 is 72.5. The van der Waals surface area contributed by atoms with E-state index < -0.39 is 34.9 Å². The van der Waals surface area contributed by atoms with Crippen LogP contribution in [0.3, 0.4) is 0 Å². The average Bonchev–Trinajstić information content (AvgIpc) is 2.33. The van der Waals surface area contributed by atoms with E-state index in [1.165, 1.54) is 19.9 Å². The summed E-state index contributed by atoms with van der Waals surface area (Å²) >= 11 is 0. The highest BCUT2D eigenvalue weighted by molar-refractivity contribution is 5.32. The van der Waals surface area contributed by atoms with Gasteiger partial charge in [0.05, 0.1) is 5.56 Å². The molecule has 1 nitrogen and oxygen atoms in total. The van der Waals surface area contributed by atoms with Gasteiger partial charge >= 0.3 is 6.11 Å². The van der Waals surface area contributed by atoms with Crippen molar-refractivity contribution in [3.8, 4) is 5.75 Å². The number of halogens is 5. The summed E-state index contributed by atoms with van der Waals surface area (Å²) in [6.07, 6.45) is -4.20. The topological polar surface area (TPSA) is 9.23 Å². The molecule has 2 rings (SSSR count). The Morgan fingerprint density at radius 3 is 1.86 bits per heavy atom. The molecule has 0 amide bonds. The first-order chi connectivity index (χ1) is 9.70. The van der Waals surface area contributed by atoms with Crippen LogP contribution in [0.5, 0.6) is 5.75 Å². The smallest absolute Gasteiger partial charge is 0.423 e. The number of rotatable bonds is 3. The maximum Gasteiger partial charge on any atom is 0.429 e. The summed E-state index contributed by atoms with van der Waals surface area (Å²) in [5.74, 6) is -5.02. The molecule has 0 aliphatic heterocycles. The molecule has 0 aliphatic rings. The highest BCUT2D eigenvalue weighted by Crippen LogP contribution is 2.36.